The summed E-state index contributed by atoms with van der Waals surface area (Å²) in [4.78, 5) is 7.62. The molecule has 2 aromatic rings. The molecule has 0 amide bonds. The van der Waals surface area contributed by atoms with E-state index in [0.29, 0.717) is 0 Å². The monoisotopic (exact) mass is 243 g/mol. The molecule has 0 radical (unpaired) electrons. The fourth-order valence-corrected chi connectivity index (χ4v) is 1.74. The maximum atomic E-state index is 11.2. The van der Waals surface area contributed by atoms with Gasteiger partial charge in [-0.1, -0.05) is 0 Å². The Kier molecular flexibility index (Phi) is 2.28. The van der Waals surface area contributed by atoms with Crippen molar-refractivity contribution in [2.45, 2.75) is 5.37 Å². The fourth-order valence-electron chi connectivity index (χ4n) is 1.18. The Morgan fingerprint density at radius 1 is 1.56 bits per heavy atom. The van der Waals surface area contributed by atoms with E-state index in [1.165, 1.54) is 6.33 Å². The summed E-state index contributed by atoms with van der Waals surface area (Å²) in [6.45, 7) is 0. The number of rotatable bonds is 2. The lowest BCUT2D eigenvalue weighted by atomic mass is 10.4. The zero-order chi connectivity index (χ0) is 11.9. The van der Waals surface area contributed by atoms with Crippen LogP contribution in [0.15, 0.2) is 12.4 Å². The molecule has 0 aliphatic rings. The highest BCUT2D eigenvalue weighted by Crippen LogP contribution is 2.18. The summed E-state index contributed by atoms with van der Waals surface area (Å²) in [6, 6.07) is 1.15. The zero-order valence-corrected chi connectivity index (χ0v) is 9.09. The maximum Gasteiger partial charge on any atom is 0.255 e. The van der Waals surface area contributed by atoms with Gasteiger partial charge in [0, 0.05) is 12.3 Å². The van der Waals surface area contributed by atoms with Gasteiger partial charge in [-0.25, -0.2) is 13.4 Å². The third kappa shape index (κ3) is 1.70. The average Bonchev–Trinajstić information content (AvgIpc) is 2.63. The molecule has 86 valence electrons. The highest BCUT2D eigenvalue weighted by atomic mass is 32.2. The van der Waals surface area contributed by atoms with E-state index in [-0.39, 0.29) is 17.4 Å². The molecule has 2 heterocycles. The number of nitrogens with zero attached hydrogens (tertiary/aromatic N) is 4. The SMILES string of the molecule is CS(=O)(=O)C(N)c1cc(O)n2ncnc2n1. The molecule has 8 nitrogen and oxygen atoms in total. The predicted octanol–water partition coefficient (Wildman–Crippen LogP) is -1.17. The molecule has 0 bridgehead atoms. The van der Waals surface area contributed by atoms with Crippen molar-refractivity contribution in [3.8, 4) is 5.88 Å². The zero-order valence-electron chi connectivity index (χ0n) is 8.27. The minimum atomic E-state index is -3.48. The van der Waals surface area contributed by atoms with Crippen molar-refractivity contribution in [3.05, 3.63) is 18.1 Å². The molecule has 0 aromatic carbocycles. The van der Waals surface area contributed by atoms with Crippen molar-refractivity contribution in [3.63, 3.8) is 0 Å². The summed E-state index contributed by atoms with van der Waals surface area (Å²) >= 11 is 0. The van der Waals surface area contributed by atoms with Gasteiger partial charge in [-0.3, -0.25) is 0 Å². The molecule has 0 saturated heterocycles. The molecule has 0 aliphatic heterocycles. The van der Waals surface area contributed by atoms with Gasteiger partial charge in [0.25, 0.3) is 5.78 Å². The quantitative estimate of drug-likeness (QED) is 0.681. The Hall–Kier alpha value is -1.74. The number of hydrogen-bond acceptors (Lipinski definition) is 7. The summed E-state index contributed by atoms with van der Waals surface area (Å²) < 4.78 is 23.5. The van der Waals surface area contributed by atoms with E-state index in [1.807, 2.05) is 0 Å². The van der Waals surface area contributed by atoms with Crippen LogP contribution in [0, 0.1) is 0 Å². The summed E-state index contributed by atoms with van der Waals surface area (Å²) in [5.41, 5.74) is 5.51. The van der Waals surface area contributed by atoms with Crippen LogP contribution in [-0.4, -0.2) is 39.4 Å². The summed E-state index contributed by atoms with van der Waals surface area (Å²) in [5, 5.41) is 11.9. The van der Waals surface area contributed by atoms with Crippen LogP contribution in [0.4, 0.5) is 0 Å². The molecule has 0 aliphatic carbocycles. The third-order valence-corrected chi connectivity index (χ3v) is 3.17. The van der Waals surface area contributed by atoms with Gasteiger partial charge in [0.1, 0.15) is 6.33 Å². The second-order valence-corrected chi connectivity index (χ2v) is 5.43. The largest absolute Gasteiger partial charge is 0.493 e. The summed E-state index contributed by atoms with van der Waals surface area (Å²) in [6.07, 6.45) is 2.18. The number of aromatic nitrogens is 4. The molecule has 3 N–H and O–H groups in total. The van der Waals surface area contributed by atoms with E-state index in [0.717, 1.165) is 16.8 Å². The van der Waals surface area contributed by atoms with Crippen molar-refractivity contribution >= 4 is 15.6 Å². The van der Waals surface area contributed by atoms with Crippen LogP contribution >= 0.6 is 0 Å². The van der Waals surface area contributed by atoms with Crippen molar-refractivity contribution in [1.29, 1.82) is 0 Å². The highest BCUT2D eigenvalue weighted by Gasteiger charge is 2.21. The number of hydrogen-bond donors (Lipinski definition) is 2. The summed E-state index contributed by atoms with van der Waals surface area (Å²) in [5.74, 6) is -0.175. The minimum absolute atomic E-state index is 0.0282. The van der Waals surface area contributed by atoms with Crippen LogP contribution in [0.25, 0.3) is 5.78 Å². The van der Waals surface area contributed by atoms with Crippen molar-refractivity contribution < 1.29 is 13.5 Å². The Labute approximate surface area is 90.7 Å². The second kappa shape index (κ2) is 3.39. The van der Waals surface area contributed by atoms with E-state index in [4.69, 9.17) is 5.73 Å². The van der Waals surface area contributed by atoms with Crippen molar-refractivity contribution in [2.75, 3.05) is 6.26 Å². The first-order valence-corrected chi connectivity index (χ1v) is 6.19. The fraction of sp³-hybridized carbons (Fsp3) is 0.286. The first kappa shape index (κ1) is 10.8. The number of fused-ring (bicyclic) bond motifs is 1. The van der Waals surface area contributed by atoms with Crippen molar-refractivity contribution in [2.24, 2.45) is 5.73 Å². The molecule has 0 saturated carbocycles. The van der Waals surface area contributed by atoms with E-state index in [9.17, 15) is 13.5 Å². The topological polar surface area (TPSA) is 123 Å². The first-order chi connectivity index (χ1) is 7.39. The van der Waals surface area contributed by atoms with Gasteiger partial charge in [0.05, 0.1) is 5.69 Å². The molecule has 0 spiro atoms. The van der Waals surface area contributed by atoms with Gasteiger partial charge in [0.15, 0.2) is 15.2 Å². The van der Waals surface area contributed by atoms with Crippen LogP contribution in [0.5, 0.6) is 5.88 Å². The second-order valence-electron chi connectivity index (χ2n) is 3.26. The Morgan fingerprint density at radius 2 is 2.25 bits per heavy atom. The van der Waals surface area contributed by atoms with Crippen LogP contribution < -0.4 is 5.73 Å². The van der Waals surface area contributed by atoms with Crippen LogP contribution in [0.3, 0.4) is 0 Å². The predicted molar refractivity (Wildman–Crippen MR) is 54.2 cm³/mol. The Morgan fingerprint density at radius 3 is 2.88 bits per heavy atom. The Bertz CT molecular complexity index is 635. The smallest absolute Gasteiger partial charge is 0.255 e. The molecule has 2 rings (SSSR count). The van der Waals surface area contributed by atoms with Crippen LogP contribution in [-0.2, 0) is 9.84 Å². The van der Waals surface area contributed by atoms with Crippen LogP contribution in [0.2, 0.25) is 0 Å². The minimum Gasteiger partial charge on any atom is -0.493 e. The van der Waals surface area contributed by atoms with E-state index in [2.05, 4.69) is 15.1 Å². The average molecular weight is 243 g/mol. The molecule has 2 aromatic heterocycles. The molecular weight excluding hydrogens is 234 g/mol. The number of sulfone groups is 1. The van der Waals surface area contributed by atoms with E-state index in [1.54, 1.807) is 0 Å². The third-order valence-electron chi connectivity index (χ3n) is 2.01. The van der Waals surface area contributed by atoms with Gasteiger partial charge < -0.3 is 10.8 Å². The van der Waals surface area contributed by atoms with Gasteiger partial charge in [-0.2, -0.15) is 14.6 Å². The number of nitrogens with two attached hydrogens (primary N) is 1. The highest BCUT2D eigenvalue weighted by molar-refractivity contribution is 7.90. The standard InChI is InChI=1S/C7H9N5O3S/c1-16(14,15)6(8)4-2-5(13)12-7(11-4)9-3-10-12/h2-3,6,13H,8H2,1H3. The van der Waals surface area contributed by atoms with Crippen LogP contribution in [0.1, 0.15) is 11.1 Å². The lowest BCUT2D eigenvalue weighted by Crippen LogP contribution is -2.22. The molecular formula is C7H9N5O3S. The lowest BCUT2D eigenvalue weighted by molar-refractivity contribution is 0.433. The van der Waals surface area contributed by atoms with Gasteiger partial charge >= 0.3 is 0 Å². The molecule has 1 atom stereocenters. The molecule has 9 heteroatoms. The summed E-state index contributed by atoms with van der Waals surface area (Å²) in [7, 11) is -3.48. The molecule has 16 heavy (non-hydrogen) atoms. The number of aromatic hydroxyl groups is 1. The molecule has 0 fully saturated rings. The van der Waals surface area contributed by atoms with Gasteiger partial charge in [-0.05, 0) is 0 Å². The van der Waals surface area contributed by atoms with Gasteiger partial charge in [0.2, 0.25) is 5.88 Å². The maximum absolute atomic E-state index is 11.2. The van der Waals surface area contributed by atoms with E-state index < -0.39 is 15.2 Å². The first-order valence-electron chi connectivity index (χ1n) is 4.23. The Balaban J connectivity index is 2.62. The molecule has 1 unspecified atom stereocenters. The van der Waals surface area contributed by atoms with E-state index >= 15 is 0 Å². The van der Waals surface area contributed by atoms with Gasteiger partial charge in [-0.15, -0.1) is 0 Å². The lowest BCUT2D eigenvalue weighted by Gasteiger charge is -2.08. The normalized spacial score (nSPS) is 14.1. The van der Waals surface area contributed by atoms with Crippen molar-refractivity contribution in [1.82, 2.24) is 19.6 Å².